The molecule has 0 aliphatic carbocycles. The highest BCUT2D eigenvalue weighted by atomic mass is 16.5. The predicted octanol–water partition coefficient (Wildman–Crippen LogP) is 0.736. The molecular weight excluding hydrogens is 232 g/mol. The molecule has 1 fully saturated rings. The molecule has 1 aliphatic heterocycles. The third-order valence-corrected chi connectivity index (χ3v) is 3.35. The Morgan fingerprint density at radius 3 is 3.06 bits per heavy atom. The van der Waals surface area contributed by atoms with Crippen molar-refractivity contribution in [3.05, 3.63) is 6.33 Å². The number of aliphatic hydroxyl groups excluding tert-OH is 1. The maximum absolute atomic E-state index is 8.99. The van der Waals surface area contributed by atoms with Gasteiger partial charge in [0.05, 0.1) is 7.11 Å². The fraction of sp³-hybridized carbons (Fsp3) is 0.667. The molecule has 6 nitrogen and oxygen atoms in total. The molecule has 1 aromatic heterocycles. The first-order valence-corrected chi connectivity index (χ1v) is 6.22. The minimum Gasteiger partial charge on any atom is -0.490 e. The molecule has 0 aromatic carbocycles. The summed E-state index contributed by atoms with van der Waals surface area (Å²) < 4.78 is 5.40. The highest BCUT2D eigenvalue weighted by Crippen LogP contribution is 2.34. The molecule has 0 bridgehead atoms. The number of nitrogens with one attached hydrogen (secondary N) is 1. The number of hydrogen-bond acceptors (Lipinski definition) is 6. The van der Waals surface area contributed by atoms with E-state index in [1.54, 1.807) is 13.4 Å². The summed E-state index contributed by atoms with van der Waals surface area (Å²) in [6.07, 6.45) is 3.48. The van der Waals surface area contributed by atoms with Crippen LogP contribution >= 0.6 is 0 Å². The lowest BCUT2D eigenvalue weighted by molar-refractivity contribution is 0.263. The zero-order chi connectivity index (χ0) is 13.0. The highest BCUT2D eigenvalue weighted by Gasteiger charge is 2.26. The fourth-order valence-corrected chi connectivity index (χ4v) is 2.40. The number of aromatic nitrogens is 2. The summed E-state index contributed by atoms with van der Waals surface area (Å²) in [5.74, 6) is 2.75. The van der Waals surface area contributed by atoms with Gasteiger partial charge in [0.15, 0.2) is 11.6 Å². The molecule has 0 radical (unpaired) electrons. The van der Waals surface area contributed by atoms with Crippen LogP contribution in [-0.4, -0.2) is 48.9 Å². The molecule has 18 heavy (non-hydrogen) atoms. The first kappa shape index (κ1) is 12.9. The largest absolute Gasteiger partial charge is 0.490 e. The van der Waals surface area contributed by atoms with Crippen molar-refractivity contribution in [3.8, 4) is 5.75 Å². The summed E-state index contributed by atoms with van der Waals surface area (Å²) in [4.78, 5) is 10.7. The second-order valence-electron chi connectivity index (χ2n) is 4.44. The number of rotatable bonds is 5. The van der Waals surface area contributed by atoms with Gasteiger partial charge in [-0.05, 0) is 18.8 Å². The van der Waals surface area contributed by atoms with E-state index in [-0.39, 0.29) is 6.61 Å². The quantitative estimate of drug-likeness (QED) is 0.805. The maximum atomic E-state index is 8.99. The molecule has 1 aliphatic rings. The molecular formula is C12H20N4O2. The van der Waals surface area contributed by atoms with Crippen LogP contribution in [0.25, 0.3) is 0 Å². The van der Waals surface area contributed by atoms with Gasteiger partial charge in [-0.15, -0.1) is 0 Å². The topological polar surface area (TPSA) is 70.5 Å². The number of anilines is 2. The van der Waals surface area contributed by atoms with Crippen LogP contribution in [-0.2, 0) is 0 Å². The number of aliphatic hydroxyl groups is 1. The molecule has 1 unspecified atom stereocenters. The van der Waals surface area contributed by atoms with Gasteiger partial charge < -0.3 is 20.1 Å². The molecule has 2 heterocycles. The third-order valence-electron chi connectivity index (χ3n) is 3.35. The van der Waals surface area contributed by atoms with Gasteiger partial charge in [0.2, 0.25) is 5.75 Å². The SMILES string of the molecule is CNc1ncnc(N2CCC(CCO)C2)c1OC. The molecule has 0 saturated carbocycles. The standard InChI is InChI=1S/C12H20N4O2/c1-13-11-10(18-2)12(15-8-14-11)16-5-3-9(7-16)4-6-17/h8-9,17H,3-7H2,1-2H3,(H,13,14,15). The second-order valence-corrected chi connectivity index (χ2v) is 4.44. The van der Waals surface area contributed by atoms with Crippen LogP contribution in [0.1, 0.15) is 12.8 Å². The number of nitrogens with zero attached hydrogens (tertiary/aromatic N) is 3. The Balaban J connectivity index is 2.18. The molecule has 1 aromatic rings. The van der Waals surface area contributed by atoms with Crippen LogP contribution in [0.2, 0.25) is 0 Å². The monoisotopic (exact) mass is 252 g/mol. The Labute approximate surface area is 107 Å². The highest BCUT2D eigenvalue weighted by molar-refractivity contribution is 5.64. The third kappa shape index (κ3) is 2.48. The molecule has 6 heteroatoms. The Hall–Kier alpha value is -1.56. The van der Waals surface area contributed by atoms with Crippen molar-refractivity contribution in [2.45, 2.75) is 12.8 Å². The average Bonchev–Trinajstić information content (AvgIpc) is 2.86. The van der Waals surface area contributed by atoms with Crippen molar-refractivity contribution < 1.29 is 9.84 Å². The van der Waals surface area contributed by atoms with E-state index in [0.29, 0.717) is 17.5 Å². The molecule has 0 spiro atoms. The summed E-state index contributed by atoms with van der Waals surface area (Å²) >= 11 is 0. The van der Waals surface area contributed by atoms with Crippen molar-refractivity contribution in [1.82, 2.24) is 9.97 Å². The van der Waals surface area contributed by atoms with Gasteiger partial charge in [0.1, 0.15) is 6.33 Å². The number of methoxy groups -OCH3 is 1. The fourth-order valence-electron chi connectivity index (χ4n) is 2.40. The van der Waals surface area contributed by atoms with E-state index >= 15 is 0 Å². The summed E-state index contributed by atoms with van der Waals surface area (Å²) in [6.45, 7) is 2.11. The van der Waals surface area contributed by atoms with E-state index in [4.69, 9.17) is 9.84 Å². The number of hydrogen-bond donors (Lipinski definition) is 2. The first-order valence-electron chi connectivity index (χ1n) is 6.22. The van der Waals surface area contributed by atoms with Gasteiger partial charge in [0.25, 0.3) is 0 Å². The van der Waals surface area contributed by atoms with E-state index in [2.05, 4.69) is 20.2 Å². The predicted molar refractivity (Wildman–Crippen MR) is 70.2 cm³/mol. The van der Waals surface area contributed by atoms with Crippen LogP contribution in [0.3, 0.4) is 0 Å². The van der Waals surface area contributed by atoms with E-state index in [0.717, 1.165) is 31.7 Å². The lowest BCUT2D eigenvalue weighted by atomic mass is 10.1. The zero-order valence-electron chi connectivity index (χ0n) is 10.9. The van der Waals surface area contributed by atoms with E-state index in [1.165, 1.54) is 0 Å². The normalized spacial score (nSPS) is 19.1. The van der Waals surface area contributed by atoms with Crippen molar-refractivity contribution in [2.24, 2.45) is 5.92 Å². The average molecular weight is 252 g/mol. The van der Waals surface area contributed by atoms with Gasteiger partial charge in [-0.1, -0.05) is 0 Å². The molecule has 1 saturated heterocycles. The molecule has 2 N–H and O–H groups in total. The Morgan fingerprint density at radius 2 is 2.39 bits per heavy atom. The van der Waals surface area contributed by atoms with Crippen LogP contribution in [0.15, 0.2) is 6.33 Å². The molecule has 0 amide bonds. The summed E-state index contributed by atoms with van der Waals surface area (Å²) in [5.41, 5.74) is 0. The van der Waals surface area contributed by atoms with E-state index < -0.39 is 0 Å². The van der Waals surface area contributed by atoms with Gasteiger partial charge in [-0.3, -0.25) is 0 Å². The van der Waals surface area contributed by atoms with Gasteiger partial charge >= 0.3 is 0 Å². The Kier molecular flexibility index (Phi) is 4.19. The molecule has 100 valence electrons. The van der Waals surface area contributed by atoms with Crippen molar-refractivity contribution in [2.75, 3.05) is 44.1 Å². The smallest absolute Gasteiger partial charge is 0.204 e. The Morgan fingerprint density at radius 1 is 1.56 bits per heavy atom. The number of ether oxygens (including phenoxy) is 1. The lowest BCUT2D eigenvalue weighted by Crippen LogP contribution is -2.22. The van der Waals surface area contributed by atoms with Crippen LogP contribution < -0.4 is 15.0 Å². The minimum atomic E-state index is 0.251. The van der Waals surface area contributed by atoms with Crippen molar-refractivity contribution in [1.29, 1.82) is 0 Å². The second kappa shape index (κ2) is 5.86. The molecule has 2 rings (SSSR count). The zero-order valence-corrected chi connectivity index (χ0v) is 10.9. The van der Waals surface area contributed by atoms with Gasteiger partial charge in [0, 0.05) is 26.7 Å². The summed E-state index contributed by atoms with van der Waals surface area (Å²) in [5, 5.41) is 12.0. The van der Waals surface area contributed by atoms with Crippen molar-refractivity contribution >= 4 is 11.6 Å². The van der Waals surface area contributed by atoms with Crippen LogP contribution in [0.5, 0.6) is 5.75 Å². The minimum absolute atomic E-state index is 0.251. The van der Waals surface area contributed by atoms with Crippen molar-refractivity contribution in [3.63, 3.8) is 0 Å². The maximum Gasteiger partial charge on any atom is 0.204 e. The van der Waals surface area contributed by atoms with Gasteiger partial charge in [-0.2, -0.15) is 0 Å². The summed E-state index contributed by atoms with van der Waals surface area (Å²) in [7, 11) is 3.44. The lowest BCUT2D eigenvalue weighted by Gasteiger charge is -2.20. The van der Waals surface area contributed by atoms with Crippen LogP contribution in [0, 0.1) is 5.92 Å². The van der Waals surface area contributed by atoms with Gasteiger partial charge in [-0.25, -0.2) is 9.97 Å². The molecule has 1 atom stereocenters. The van der Waals surface area contributed by atoms with Crippen LogP contribution in [0.4, 0.5) is 11.6 Å². The van der Waals surface area contributed by atoms with E-state index in [9.17, 15) is 0 Å². The first-order chi connectivity index (χ1) is 8.80. The Bertz CT molecular complexity index is 400. The van der Waals surface area contributed by atoms with E-state index in [1.807, 2.05) is 7.05 Å². The summed E-state index contributed by atoms with van der Waals surface area (Å²) in [6, 6.07) is 0.